The van der Waals surface area contributed by atoms with E-state index in [0.717, 1.165) is 12.8 Å². The Kier molecular flexibility index (Phi) is 10.00. The summed E-state index contributed by atoms with van der Waals surface area (Å²) in [6.07, 6.45) is 4.44. The number of carboxylic acid groups (broad SMARTS) is 1. The number of aromatic nitrogens is 2. The molecule has 4 amide bonds. The first-order valence-corrected chi connectivity index (χ1v) is 20.4. The van der Waals surface area contributed by atoms with Crippen molar-refractivity contribution in [3.8, 4) is 22.9 Å². The third-order valence-corrected chi connectivity index (χ3v) is 13.6. The van der Waals surface area contributed by atoms with Crippen molar-refractivity contribution in [2.45, 2.75) is 94.2 Å². The standard InChI is InChI=1S/C40H48N6O9S/c1-6-24-21-40(24,36(49)45-56(52,53)39(14-15-39)20-23-10-11-23)44-34(47)31-18-26(22-46(31)35(48)33(38(2,3)4)43-37(50)51)55-32-19-30(28-9-7-8-16-41-28)42-29-17-25(54-5)12-13-27(29)32/h6-9,12-13,16-17,19,23-24,26,31,33,43H,1,10-11,14-15,18,20-22H2,2-5H3,(H,44,47)(H,45,49)(H,50,51). The minimum absolute atomic E-state index is 0.0281. The number of benzene rings is 1. The molecule has 1 saturated heterocycles. The molecular formula is C40H48N6O9S. The van der Waals surface area contributed by atoms with Gasteiger partial charge in [0, 0.05) is 36.1 Å². The van der Waals surface area contributed by atoms with Crippen molar-refractivity contribution in [2.24, 2.45) is 17.3 Å². The first kappa shape index (κ1) is 39.0. The summed E-state index contributed by atoms with van der Waals surface area (Å²) in [5.41, 5.74) is -0.847. The summed E-state index contributed by atoms with van der Waals surface area (Å²) in [6.45, 7) is 8.82. The number of methoxy groups -OCH3 is 1. The van der Waals surface area contributed by atoms with E-state index >= 15 is 0 Å². The number of carbonyl (C=O) groups is 4. The van der Waals surface area contributed by atoms with Gasteiger partial charge in [0.05, 0.1) is 35.3 Å². The van der Waals surface area contributed by atoms with Crippen molar-refractivity contribution >= 4 is 44.7 Å². The van der Waals surface area contributed by atoms with Crippen LogP contribution in [0, 0.1) is 17.3 Å². The van der Waals surface area contributed by atoms with Crippen molar-refractivity contribution in [3.63, 3.8) is 0 Å². The first-order valence-electron chi connectivity index (χ1n) is 18.9. The van der Waals surface area contributed by atoms with E-state index < -0.39 is 73.6 Å². The van der Waals surface area contributed by atoms with Crippen LogP contribution in [0.2, 0.25) is 0 Å². The lowest BCUT2D eigenvalue weighted by molar-refractivity contribution is -0.142. The number of rotatable bonds is 14. The molecule has 0 spiro atoms. The smallest absolute Gasteiger partial charge is 0.405 e. The molecule has 0 radical (unpaired) electrons. The third-order valence-electron chi connectivity index (χ3n) is 11.4. The minimum Gasteiger partial charge on any atom is -0.497 e. The Morgan fingerprint density at radius 1 is 1.11 bits per heavy atom. The fourth-order valence-electron chi connectivity index (χ4n) is 7.77. The Bertz CT molecular complexity index is 2180. The van der Waals surface area contributed by atoms with E-state index in [1.807, 2.05) is 6.07 Å². The number of ether oxygens (including phenoxy) is 2. The molecule has 15 nitrogen and oxygen atoms in total. The zero-order chi connectivity index (χ0) is 40.2. The van der Waals surface area contributed by atoms with Crippen LogP contribution >= 0.6 is 0 Å². The summed E-state index contributed by atoms with van der Waals surface area (Å²) in [5, 5.41) is 15.5. The van der Waals surface area contributed by atoms with Gasteiger partial charge >= 0.3 is 6.09 Å². The van der Waals surface area contributed by atoms with Crippen LogP contribution in [0.3, 0.4) is 0 Å². The average molecular weight is 789 g/mol. The second-order valence-electron chi connectivity index (χ2n) is 16.6. The molecule has 1 aromatic carbocycles. The summed E-state index contributed by atoms with van der Waals surface area (Å²) >= 11 is 0. The van der Waals surface area contributed by atoms with E-state index in [9.17, 15) is 32.7 Å². The maximum atomic E-state index is 14.4. The molecule has 0 bridgehead atoms. The van der Waals surface area contributed by atoms with Gasteiger partial charge in [-0.1, -0.05) is 45.8 Å². The molecule has 1 aliphatic heterocycles. The second-order valence-corrected chi connectivity index (χ2v) is 18.7. The number of amides is 4. The molecule has 2 aromatic heterocycles. The van der Waals surface area contributed by atoms with Gasteiger partial charge in [-0.25, -0.2) is 18.2 Å². The fraction of sp³-hybridized carbons (Fsp3) is 0.500. The maximum Gasteiger partial charge on any atom is 0.405 e. The first-order chi connectivity index (χ1) is 26.5. The number of fused-ring (bicyclic) bond motifs is 1. The molecule has 7 rings (SSSR count). The van der Waals surface area contributed by atoms with Gasteiger partial charge in [0.1, 0.15) is 35.2 Å². The summed E-state index contributed by atoms with van der Waals surface area (Å²) < 4.78 is 40.5. The summed E-state index contributed by atoms with van der Waals surface area (Å²) in [6, 6.07) is 10.0. The Morgan fingerprint density at radius 3 is 2.45 bits per heavy atom. The van der Waals surface area contributed by atoms with Crippen LogP contribution in [0.15, 0.2) is 61.3 Å². The number of likely N-dealkylation sites (tertiary alicyclic amines) is 1. The number of hydrogen-bond donors (Lipinski definition) is 4. The minimum atomic E-state index is -4.04. The van der Waals surface area contributed by atoms with E-state index in [2.05, 4.69) is 26.9 Å². The number of sulfonamides is 1. The highest BCUT2D eigenvalue weighted by molar-refractivity contribution is 7.91. The summed E-state index contributed by atoms with van der Waals surface area (Å²) in [5.74, 6) is -1.45. The Hall–Kier alpha value is -5.25. The van der Waals surface area contributed by atoms with Crippen LogP contribution in [0.1, 0.15) is 65.7 Å². The van der Waals surface area contributed by atoms with Crippen LogP contribution in [0.5, 0.6) is 11.5 Å². The monoisotopic (exact) mass is 788 g/mol. The molecule has 3 saturated carbocycles. The zero-order valence-electron chi connectivity index (χ0n) is 31.9. The predicted molar refractivity (Wildman–Crippen MR) is 206 cm³/mol. The average Bonchev–Trinajstić information content (AvgIpc) is 4.10. The third kappa shape index (κ3) is 7.62. The van der Waals surface area contributed by atoms with Crippen LogP contribution < -0.4 is 24.8 Å². The Balaban J connectivity index is 1.19. The molecule has 298 valence electrons. The fourth-order valence-corrected chi connectivity index (χ4v) is 9.50. The van der Waals surface area contributed by atoms with Gasteiger partial charge in [-0.3, -0.25) is 24.1 Å². The highest BCUT2D eigenvalue weighted by Gasteiger charge is 2.64. The topological polar surface area (TPSA) is 206 Å². The molecule has 3 aromatic rings. The molecule has 56 heavy (non-hydrogen) atoms. The van der Waals surface area contributed by atoms with Gasteiger partial charge in [0.15, 0.2) is 0 Å². The zero-order valence-corrected chi connectivity index (χ0v) is 32.7. The van der Waals surface area contributed by atoms with Crippen LogP contribution in [0.4, 0.5) is 4.79 Å². The largest absolute Gasteiger partial charge is 0.497 e. The van der Waals surface area contributed by atoms with E-state index in [4.69, 9.17) is 14.5 Å². The van der Waals surface area contributed by atoms with Gasteiger partial charge in [0.2, 0.25) is 21.8 Å². The van der Waals surface area contributed by atoms with Crippen molar-refractivity contribution in [1.82, 2.24) is 30.2 Å². The normalized spacial score (nSPS) is 24.4. The lowest BCUT2D eigenvalue weighted by Crippen LogP contribution is -2.60. The number of nitrogens with one attached hydrogen (secondary N) is 3. The van der Waals surface area contributed by atoms with Crippen LogP contribution in [-0.4, -0.2) is 94.3 Å². The van der Waals surface area contributed by atoms with Gasteiger partial charge < -0.3 is 30.1 Å². The van der Waals surface area contributed by atoms with Crippen molar-refractivity contribution in [2.75, 3.05) is 13.7 Å². The molecular weight excluding hydrogens is 741 g/mol. The van der Waals surface area contributed by atoms with Gasteiger partial charge in [-0.05, 0) is 61.3 Å². The lowest BCUT2D eigenvalue weighted by atomic mass is 9.85. The molecule has 4 fully saturated rings. The molecule has 4 N–H and O–H groups in total. The quantitative estimate of drug-likeness (QED) is 0.171. The molecule has 4 aliphatic rings. The summed E-state index contributed by atoms with van der Waals surface area (Å²) in [4.78, 5) is 65.1. The van der Waals surface area contributed by atoms with Crippen molar-refractivity contribution in [1.29, 1.82) is 0 Å². The summed E-state index contributed by atoms with van der Waals surface area (Å²) in [7, 11) is -2.49. The van der Waals surface area contributed by atoms with E-state index in [0.29, 0.717) is 59.0 Å². The SMILES string of the molecule is C=CC1CC1(NC(=O)C1CC(Oc2cc(-c3ccccn3)nc3cc(OC)ccc23)CN1C(=O)C(NC(=O)O)C(C)(C)C)C(=O)NS(=O)(=O)C1(CC2CC2)CC1. The van der Waals surface area contributed by atoms with Crippen LogP contribution in [0.25, 0.3) is 22.3 Å². The highest BCUT2D eigenvalue weighted by Crippen LogP contribution is 2.53. The molecule has 3 heterocycles. The predicted octanol–water partition coefficient (Wildman–Crippen LogP) is 4.18. The van der Waals surface area contributed by atoms with Gasteiger partial charge in [-0.15, -0.1) is 6.58 Å². The molecule has 5 atom stereocenters. The van der Waals surface area contributed by atoms with Crippen LogP contribution in [-0.2, 0) is 24.4 Å². The Morgan fingerprint density at radius 2 is 1.86 bits per heavy atom. The van der Waals surface area contributed by atoms with Gasteiger partial charge in [-0.2, -0.15) is 0 Å². The van der Waals surface area contributed by atoms with E-state index in [1.165, 1.54) is 11.0 Å². The van der Waals surface area contributed by atoms with E-state index in [1.54, 1.807) is 70.5 Å². The number of carbonyl (C=O) groups excluding carboxylic acids is 3. The number of pyridine rings is 2. The molecule has 5 unspecified atom stereocenters. The number of nitrogens with zero attached hydrogens (tertiary/aromatic N) is 3. The lowest BCUT2D eigenvalue weighted by Gasteiger charge is -2.35. The van der Waals surface area contributed by atoms with E-state index in [-0.39, 0.29) is 19.4 Å². The number of hydrogen-bond acceptors (Lipinski definition) is 10. The second kappa shape index (κ2) is 14.4. The highest BCUT2D eigenvalue weighted by atomic mass is 32.2. The molecule has 3 aliphatic carbocycles. The van der Waals surface area contributed by atoms with Crippen molar-refractivity contribution in [3.05, 3.63) is 61.3 Å². The van der Waals surface area contributed by atoms with Gasteiger partial charge in [0.25, 0.3) is 5.91 Å². The maximum absolute atomic E-state index is 14.4. The Labute approximate surface area is 325 Å². The molecule has 16 heteroatoms. The van der Waals surface area contributed by atoms with Crippen molar-refractivity contribution < 1.29 is 42.2 Å².